The Morgan fingerprint density at radius 2 is 2.42 bits per heavy atom. The first-order valence-electron chi connectivity index (χ1n) is 3.73. The van der Waals surface area contributed by atoms with Gasteiger partial charge in [-0.25, -0.2) is 4.98 Å². The monoisotopic (exact) mass is 182 g/mol. The molecule has 0 saturated heterocycles. The number of carbonyl (C=O) groups is 1. The molecular weight excluding hydrogens is 172 g/mol. The Kier molecular flexibility index (Phi) is 3.73. The molecule has 1 heterocycles. The van der Waals surface area contributed by atoms with Crippen molar-refractivity contribution in [2.75, 3.05) is 5.75 Å². The molecule has 12 heavy (non-hydrogen) atoms. The van der Waals surface area contributed by atoms with E-state index in [0.717, 1.165) is 5.03 Å². The van der Waals surface area contributed by atoms with E-state index in [-0.39, 0.29) is 5.78 Å². The number of carbonyl (C=O) groups excluding carboxylic acids is 1. The fourth-order valence-electron chi connectivity index (χ4n) is 0.616. The molecule has 0 bridgehead atoms. The maximum atomic E-state index is 10.9. The number of aromatic nitrogens is 2. The quantitative estimate of drug-likeness (QED) is 0.662. The van der Waals surface area contributed by atoms with Gasteiger partial charge in [-0.1, -0.05) is 18.7 Å². The van der Waals surface area contributed by atoms with Gasteiger partial charge in [0.2, 0.25) is 0 Å². The SMILES string of the molecule is CCC(=O)CSc1cnccn1. The number of hydrogen-bond acceptors (Lipinski definition) is 4. The number of rotatable bonds is 4. The number of nitrogens with zero attached hydrogens (tertiary/aromatic N) is 2. The van der Waals surface area contributed by atoms with E-state index >= 15 is 0 Å². The molecule has 3 nitrogen and oxygen atoms in total. The van der Waals surface area contributed by atoms with Crippen molar-refractivity contribution >= 4 is 17.5 Å². The van der Waals surface area contributed by atoms with Gasteiger partial charge in [0, 0.05) is 18.8 Å². The second kappa shape index (κ2) is 4.87. The molecule has 0 saturated carbocycles. The lowest BCUT2D eigenvalue weighted by atomic mass is 10.4. The summed E-state index contributed by atoms with van der Waals surface area (Å²) < 4.78 is 0. The van der Waals surface area contributed by atoms with Crippen molar-refractivity contribution in [2.45, 2.75) is 18.4 Å². The summed E-state index contributed by atoms with van der Waals surface area (Å²) in [6.07, 6.45) is 5.49. The van der Waals surface area contributed by atoms with Crippen molar-refractivity contribution in [3.63, 3.8) is 0 Å². The molecule has 4 heteroatoms. The van der Waals surface area contributed by atoms with E-state index in [1.54, 1.807) is 18.6 Å². The number of Topliss-reactive ketones (excluding diaryl/α,β-unsaturated/α-hetero) is 1. The van der Waals surface area contributed by atoms with E-state index in [2.05, 4.69) is 9.97 Å². The largest absolute Gasteiger partial charge is 0.299 e. The molecule has 0 fully saturated rings. The van der Waals surface area contributed by atoms with Crippen molar-refractivity contribution in [1.82, 2.24) is 9.97 Å². The molecule has 0 spiro atoms. The summed E-state index contributed by atoms with van der Waals surface area (Å²) in [5, 5.41) is 0.805. The Morgan fingerprint density at radius 1 is 1.58 bits per heavy atom. The Hall–Kier alpha value is -0.900. The van der Waals surface area contributed by atoms with Gasteiger partial charge in [-0.05, 0) is 0 Å². The zero-order valence-corrected chi connectivity index (χ0v) is 7.67. The third kappa shape index (κ3) is 3.00. The van der Waals surface area contributed by atoms with Crippen LogP contribution < -0.4 is 0 Å². The highest BCUT2D eigenvalue weighted by Crippen LogP contribution is 2.12. The van der Waals surface area contributed by atoms with E-state index in [1.807, 2.05) is 6.92 Å². The maximum absolute atomic E-state index is 10.9. The van der Waals surface area contributed by atoms with Crippen LogP contribution in [0.4, 0.5) is 0 Å². The Balaban J connectivity index is 2.38. The van der Waals surface area contributed by atoms with E-state index in [4.69, 9.17) is 0 Å². The minimum Gasteiger partial charge on any atom is -0.299 e. The molecule has 0 atom stereocenters. The Morgan fingerprint density at radius 3 is 3.00 bits per heavy atom. The molecule has 0 aliphatic heterocycles. The fourth-order valence-corrected chi connectivity index (χ4v) is 1.40. The molecule has 0 aromatic carbocycles. The first kappa shape index (κ1) is 9.19. The molecule has 0 amide bonds. The number of thioether (sulfide) groups is 1. The van der Waals surface area contributed by atoms with Crippen LogP contribution in [0, 0.1) is 0 Å². The molecule has 0 N–H and O–H groups in total. The average molecular weight is 182 g/mol. The van der Waals surface area contributed by atoms with Crippen molar-refractivity contribution in [2.24, 2.45) is 0 Å². The summed E-state index contributed by atoms with van der Waals surface area (Å²) in [7, 11) is 0. The van der Waals surface area contributed by atoms with Gasteiger partial charge < -0.3 is 0 Å². The molecule has 1 aromatic heterocycles. The first-order chi connectivity index (χ1) is 5.83. The molecular formula is C8H10N2OS. The molecule has 0 aliphatic carbocycles. The molecule has 1 aromatic rings. The van der Waals surface area contributed by atoms with Gasteiger partial charge in [-0.2, -0.15) is 0 Å². The number of hydrogen-bond donors (Lipinski definition) is 0. The number of ketones is 1. The van der Waals surface area contributed by atoms with Gasteiger partial charge in [0.15, 0.2) is 0 Å². The molecule has 0 aliphatic rings. The second-order valence-electron chi connectivity index (χ2n) is 2.22. The van der Waals surface area contributed by atoms with Crippen LogP contribution in [0.5, 0.6) is 0 Å². The van der Waals surface area contributed by atoms with Gasteiger partial charge in [0.05, 0.1) is 11.9 Å². The predicted molar refractivity (Wildman–Crippen MR) is 48.1 cm³/mol. The van der Waals surface area contributed by atoms with Gasteiger partial charge >= 0.3 is 0 Å². The van der Waals surface area contributed by atoms with Crippen molar-refractivity contribution in [3.8, 4) is 0 Å². The zero-order valence-electron chi connectivity index (χ0n) is 6.86. The Labute approximate surface area is 75.6 Å². The molecule has 0 radical (unpaired) electrons. The highest BCUT2D eigenvalue weighted by Gasteiger charge is 2.00. The van der Waals surface area contributed by atoms with Crippen LogP contribution in [0.3, 0.4) is 0 Å². The predicted octanol–water partition coefficient (Wildman–Crippen LogP) is 1.55. The molecule has 0 unspecified atom stereocenters. The minimum atomic E-state index is 0.241. The van der Waals surface area contributed by atoms with Gasteiger partial charge in [-0.3, -0.25) is 9.78 Å². The topological polar surface area (TPSA) is 42.9 Å². The average Bonchev–Trinajstić information content (AvgIpc) is 2.16. The summed E-state index contributed by atoms with van der Waals surface area (Å²) in [5.74, 6) is 0.737. The van der Waals surface area contributed by atoms with Crippen LogP contribution in [0.15, 0.2) is 23.6 Å². The normalized spacial score (nSPS) is 9.75. The van der Waals surface area contributed by atoms with Crippen molar-refractivity contribution < 1.29 is 4.79 Å². The summed E-state index contributed by atoms with van der Waals surface area (Å²) in [4.78, 5) is 18.8. The third-order valence-electron chi connectivity index (χ3n) is 1.31. The lowest BCUT2D eigenvalue weighted by Crippen LogP contribution is -1.98. The summed E-state index contributed by atoms with van der Waals surface area (Å²) in [6.45, 7) is 1.86. The van der Waals surface area contributed by atoms with Crippen molar-refractivity contribution in [1.29, 1.82) is 0 Å². The third-order valence-corrected chi connectivity index (χ3v) is 2.29. The van der Waals surface area contributed by atoms with Gasteiger partial charge in [-0.15, -0.1) is 0 Å². The van der Waals surface area contributed by atoms with Crippen LogP contribution in [-0.2, 0) is 4.79 Å². The standard InChI is InChI=1S/C8H10N2OS/c1-2-7(11)6-12-8-5-9-3-4-10-8/h3-5H,2,6H2,1H3. The highest BCUT2D eigenvalue weighted by molar-refractivity contribution is 7.99. The summed E-state index contributed by atoms with van der Waals surface area (Å²) >= 11 is 1.43. The Bertz CT molecular complexity index is 250. The highest BCUT2D eigenvalue weighted by atomic mass is 32.2. The summed E-state index contributed by atoms with van der Waals surface area (Å²) in [6, 6.07) is 0. The van der Waals surface area contributed by atoms with Crippen LogP contribution >= 0.6 is 11.8 Å². The van der Waals surface area contributed by atoms with Crippen LogP contribution in [-0.4, -0.2) is 21.5 Å². The van der Waals surface area contributed by atoms with Gasteiger partial charge in [0.1, 0.15) is 10.8 Å². The second-order valence-corrected chi connectivity index (χ2v) is 3.22. The van der Waals surface area contributed by atoms with Gasteiger partial charge in [0.25, 0.3) is 0 Å². The van der Waals surface area contributed by atoms with E-state index < -0.39 is 0 Å². The van der Waals surface area contributed by atoms with E-state index in [0.29, 0.717) is 12.2 Å². The lowest BCUT2D eigenvalue weighted by Gasteiger charge is -1.96. The minimum absolute atomic E-state index is 0.241. The van der Waals surface area contributed by atoms with Crippen LogP contribution in [0.25, 0.3) is 0 Å². The lowest BCUT2D eigenvalue weighted by molar-refractivity contribution is -0.116. The van der Waals surface area contributed by atoms with Crippen molar-refractivity contribution in [3.05, 3.63) is 18.6 Å². The van der Waals surface area contributed by atoms with Crippen LogP contribution in [0.1, 0.15) is 13.3 Å². The van der Waals surface area contributed by atoms with E-state index in [1.165, 1.54) is 11.8 Å². The van der Waals surface area contributed by atoms with E-state index in [9.17, 15) is 4.79 Å². The van der Waals surface area contributed by atoms with Crippen LogP contribution in [0.2, 0.25) is 0 Å². The zero-order chi connectivity index (χ0) is 8.81. The molecule has 1 rings (SSSR count). The smallest absolute Gasteiger partial charge is 0.142 e. The maximum Gasteiger partial charge on any atom is 0.142 e. The molecule has 64 valence electrons. The summed E-state index contributed by atoms with van der Waals surface area (Å²) in [5.41, 5.74) is 0. The first-order valence-corrected chi connectivity index (χ1v) is 4.72. The fraction of sp³-hybridized carbons (Fsp3) is 0.375.